The fourth-order valence-corrected chi connectivity index (χ4v) is 2.84. The third kappa shape index (κ3) is 3.55. The van der Waals surface area contributed by atoms with Crippen LogP contribution in [0.25, 0.3) is 0 Å². The van der Waals surface area contributed by atoms with Crippen LogP contribution in [-0.2, 0) is 11.9 Å². The van der Waals surface area contributed by atoms with E-state index in [1.54, 1.807) is 7.11 Å². The van der Waals surface area contributed by atoms with Gasteiger partial charge < -0.3 is 9.47 Å². The Labute approximate surface area is 136 Å². The smallest absolute Gasteiger partial charge is 0.175 e. The minimum absolute atomic E-state index is 0.523. The molecule has 0 spiro atoms. The van der Waals surface area contributed by atoms with Crippen molar-refractivity contribution in [2.75, 3.05) is 7.11 Å². The van der Waals surface area contributed by atoms with Gasteiger partial charge in [0.25, 0.3) is 0 Å². The lowest BCUT2D eigenvalue weighted by Crippen LogP contribution is -2.00. The summed E-state index contributed by atoms with van der Waals surface area (Å²) in [6, 6.07) is 12.2. The molecule has 0 unspecified atom stereocenters. The normalized spacial score (nSPS) is 10.4. The molecule has 0 radical (unpaired) electrons. The molecule has 0 heterocycles. The van der Waals surface area contributed by atoms with Crippen LogP contribution >= 0.6 is 31.9 Å². The Hall–Kier alpha value is -1.00. The molecule has 2 rings (SSSR count). The molecule has 106 valence electrons. The molecule has 20 heavy (non-hydrogen) atoms. The zero-order valence-corrected chi connectivity index (χ0v) is 14.6. The van der Waals surface area contributed by atoms with Crippen LogP contribution in [0.15, 0.2) is 40.9 Å². The zero-order valence-electron chi connectivity index (χ0n) is 11.5. The SMILES string of the molecule is COc1cc(CBr)cc(Br)c1OCc1ccccc1C. The molecule has 4 heteroatoms. The topological polar surface area (TPSA) is 18.5 Å². The summed E-state index contributed by atoms with van der Waals surface area (Å²) in [5.41, 5.74) is 3.53. The molecule has 2 aromatic rings. The average molecular weight is 400 g/mol. The quantitative estimate of drug-likeness (QED) is 0.640. The van der Waals surface area contributed by atoms with Crippen LogP contribution in [0.3, 0.4) is 0 Å². The lowest BCUT2D eigenvalue weighted by Gasteiger charge is -2.14. The highest BCUT2D eigenvalue weighted by Crippen LogP contribution is 2.37. The van der Waals surface area contributed by atoms with Crippen LogP contribution in [0.1, 0.15) is 16.7 Å². The molecule has 0 N–H and O–H groups in total. The van der Waals surface area contributed by atoms with Gasteiger partial charge in [0.05, 0.1) is 11.6 Å². The van der Waals surface area contributed by atoms with Gasteiger partial charge in [-0.1, -0.05) is 40.2 Å². The maximum Gasteiger partial charge on any atom is 0.175 e. The molecule has 2 nitrogen and oxygen atoms in total. The molecule has 0 aliphatic rings. The van der Waals surface area contributed by atoms with Gasteiger partial charge in [-0.3, -0.25) is 0 Å². The number of hydrogen-bond donors (Lipinski definition) is 0. The first kappa shape index (κ1) is 15.4. The van der Waals surface area contributed by atoms with Gasteiger partial charge >= 0.3 is 0 Å². The van der Waals surface area contributed by atoms with Crippen LogP contribution in [0.2, 0.25) is 0 Å². The summed E-state index contributed by atoms with van der Waals surface area (Å²) in [6.45, 7) is 2.61. The van der Waals surface area contributed by atoms with Crippen LogP contribution in [0.4, 0.5) is 0 Å². The monoisotopic (exact) mass is 398 g/mol. The van der Waals surface area contributed by atoms with Crippen LogP contribution in [-0.4, -0.2) is 7.11 Å². The molecular weight excluding hydrogens is 384 g/mol. The number of benzene rings is 2. The fourth-order valence-electron chi connectivity index (χ4n) is 1.91. The minimum atomic E-state index is 0.523. The summed E-state index contributed by atoms with van der Waals surface area (Å²) >= 11 is 6.99. The number of halogens is 2. The second kappa shape index (κ2) is 7.14. The number of alkyl halides is 1. The maximum atomic E-state index is 5.94. The summed E-state index contributed by atoms with van der Waals surface area (Å²) in [4.78, 5) is 0. The van der Waals surface area contributed by atoms with Crippen molar-refractivity contribution in [3.8, 4) is 11.5 Å². The highest BCUT2D eigenvalue weighted by Gasteiger charge is 2.12. The van der Waals surface area contributed by atoms with Gasteiger partial charge in [-0.2, -0.15) is 0 Å². The standard InChI is InChI=1S/C16H16Br2O2/c1-11-5-3-4-6-13(11)10-20-16-14(18)7-12(9-17)8-15(16)19-2/h3-8H,9-10H2,1-2H3. The molecule has 0 amide bonds. The van der Waals surface area contributed by atoms with E-state index in [2.05, 4.69) is 50.9 Å². The molecular formula is C16H16Br2O2. The number of aryl methyl sites for hydroxylation is 1. The van der Waals surface area contributed by atoms with E-state index in [4.69, 9.17) is 9.47 Å². The van der Waals surface area contributed by atoms with Crippen molar-refractivity contribution >= 4 is 31.9 Å². The Morgan fingerprint density at radius 3 is 2.55 bits per heavy atom. The summed E-state index contributed by atoms with van der Waals surface area (Å²) < 4.78 is 12.3. The second-order valence-corrected chi connectivity index (χ2v) is 5.87. The molecule has 0 bridgehead atoms. The first-order chi connectivity index (χ1) is 9.65. The van der Waals surface area contributed by atoms with Gasteiger partial charge in [0.1, 0.15) is 6.61 Å². The van der Waals surface area contributed by atoms with E-state index < -0.39 is 0 Å². The molecule has 0 atom stereocenters. The van der Waals surface area contributed by atoms with Gasteiger partial charge in [0.2, 0.25) is 0 Å². The predicted octanol–water partition coefficient (Wildman–Crippen LogP) is 5.24. The van der Waals surface area contributed by atoms with E-state index >= 15 is 0 Å². The fraction of sp³-hybridized carbons (Fsp3) is 0.250. The van der Waals surface area contributed by atoms with Gasteiger partial charge in [0, 0.05) is 5.33 Å². The third-order valence-corrected chi connectivity index (χ3v) is 4.31. The lowest BCUT2D eigenvalue weighted by atomic mass is 10.1. The van der Waals surface area contributed by atoms with Crippen molar-refractivity contribution in [3.05, 3.63) is 57.6 Å². The van der Waals surface area contributed by atoms with Crippen molar-refractivity contribution < 1.29 is 9.47 Å². The zero-order chi connectivity index (χ0) is 14.5. The average Bonchev–Trinajstić information content (AvgIpc) is 2.46. The molecule has 0 saturated heterocycles. The van der Waals surface area contributed by atoms with Gasteiger partial charge in [-0.05, 0) is 51.7 Å². The van der Waals surface area contributed by atoms with Gasteiger partial charge in [-0.15, -0.1) is 0 Å². The largest absolute Gasteiger partial charge is 0.493 e. The van der Waals surface area contributed by atoms with Crippen molar-refractivity contribution in [1.82, 2.24) is 0 Å². The van der Waals surface area contributed by atoms with Crippen molar-refractivity contribution in [3.63, 3.8) is 0 Å². The highest BCUT2D eigenvalue weighted by atomic mass is 79.9. The van der Waals surface area contributed by atoms with Crippen molar-refractivity contribution in [1.29, 1.82) is 0 Å². The Morgan fingerprint density at radius 1 is 1.15 bits per heavy atom. The number of hydrogen-bond acceptors (Lipinski definition) is 2. The van der Waals surface area contributed by atoms with Gasteiger partial charge in [-0.25, -0.2) is 0 Å². The summed E-state index contributed by atoms with van der Waals surface area (Å²) in [5, 5.41) is 0.778. The number of rotatable bonds is 5. The van der Waals surface area contributed by atoms with E-state index in [0.717, 1.165) is 26.9 Å². The lowest BCUT2D eigenvalue weighted by molar-refractivity contribution is 0.282. The molecule has 0 saturated carbocycles. The van der Waals surface area contributed by atoms with Crippen molar-refractivity contribution in [2.24, 2.45) is 0 Å². The molecule has 2 aromatic carbocycles. The van der Waals surface area contributed by atoms with E-state index in [1.807, 2.05) is 24.3 Å². The van der Waals surface area contributed by atoms with Crippen LogP contribution in [0.5, 0.6) is 11.5 Å². The van der Waals surface area contributed by atoms with Gasteiger partial charge in [0.15, 0.2) is 11.5 Å². The Morgan fingerprint density at radius 2 is 1.90 bits per heavy atom. The Kier molecular flexibility index (Phi) is 5.49. The first-order valence-corrected chi connectivity index (χ1v) is 8.17. The summed E-state index contributed by atoms with van der Waals surface area (Å²) in [5.74, 6) is 1.47. The highest BCUT2D eigenvalue weighted by molar-refractivity contribution is 9.10. The predicted molar refractivity (Wildman–Crippen MR) is 88.8 cm³/mol. The van der Waals surface area contributed by atoms with Crippen LogP contribution in [0, 0.1) is 6.92 Å². The Balaban J connectivity index is 2.23. The second-order valence-electron chi connectivity index (χ2n) is 4.46. The van der Waals surface area contributed by atoms with E-state index in [1.165, 1.54) is 11.1 Å². The van der Waals surface area contributed by atoms with E-state index in [9.17, 15) is 0 Å². The number of ether oxygens (including phenoxy) is 2. The molecule has 0 fully saturated rings. The van der Waals surface area contributed by atoms with Crippen molar-refractivity contribution in [2.45, 2.75) is 18.9 Å². The third-order valence-electron chi connectivity index (χ3n) is 3.08. The Bertz CT molecular complexity index is 597. The first-order valence-electron chi connectivity index (χ1n) is 6.25. The minimum Gasteiger partial charge on any atom is -0.493 e. The van der Waals surface area contributed by atoms with E-state index in [-0.39, 0.29) is 0 Å². The molecule has 0 aromatic heterocycles. The summed E-state index contributed by atoms with van der Waals surface area (Å²) in [7, 11) is 1.65. The van der Waals surface area contributed by atoms with Crippen LogP contribution < -0.4 is 9.47 Å². The summed E-state index contributed by atoms with van der Waals surface area (Å²) in [6.07, 6.45) is 0. The van der Waals surface area contributed by atoms with E-state index in [0.29, 0.717) is 6.61 Å². The maximum absolute atomic E-state index is 5.94. The number of methoxy groups -OCH3 is 1. The molecule has 0 aliphatic carbocycles. The molecule has 0 aliphatic heterocycles.